The van der Waals surface area contributed by atoms with E-state index in [2.05, 4.69) is 21.0 Å². The molecule has 1 unspecified atom stereocenters. The van der Waals surface area contributed by atoms with Crippen molar-refractivity contribution >= 4 is 12.0 Å². The molecule has 0 saturated heterocycles. The number of hydrogen-bond acceptors (Lipinski definition) is 5. The van der Waals surface area contributed by atoms with Crippen molar-refractivity contribution in [1.82, 2.24) is 19.1 Å². The summed E-state index contributed by atoms with van der Waals surface area (Å²) in [6.45, 7) is 2.05. The van der Waals surface area contributed by atoms with Gasteiger partial charge in [0.2, 0.25) is 0 Å². The van der Waals surface area contributed by atoms with Gasteiger partial charge in [0.25, 0.3) is 5.56 Å². The molecule has 1 aliphatic heterocycles. The molecule has 4 rings (SSSR count). The summed E-state index contributed by atoms with van der Waals surface area (Å²) < 4.78 is 2.61. The molecule has 0 radical (unpaired) electrons. The highest BCUT2D eigenvalue weighted by molar-refractivity contribution is 5.78. The third kappa shape index (κ3) is 3.75. The van der Waals surface area contributed by atoms with Crippen LogP contribution >= 0.6 is 0 Å². The highest BCUT2D eigenvalue weighted by Gasteiger charge is 2.26. The SMILES string of the molecule is Cc1ccnc(-c2cc(CCCCC3C=Nc4c3c(=O)n(C)c(=O)n4C)ccn2)c1. The number of pyridine rings is 2. The van der Waals surface area contributed by atoms with E-state index in [0.717, 1.165) is 42.6 Å². The molecule has 154 valence electrons. The molecule has 3 aromatic heterocycles. The predicted octanol–water partition coefficient (Wildman–Crippen LogP) is 3.06. The van der Waals surface area contributed by atoms with Crippen molar-refractivity contribution < 1.29 is 0 Å². The quantitative estimate of drug-likeness (QED) is 0.592. The van der Waals surface area contributed by atoms with Crippen molar-refractivity contribution in [3.63, 3.8) is 0 Å². The van der Waals surface area contributed by atoms with Crippen LogP contribution in [0.4, 0.5) is 5.82 Å². The molecule has 0 amide bonds. The zero-order valence-electron chi connectivity index (χ0n) is 17.5. The fourth-order valence-corrected chi connectivity index (χ4v) is 3.93. The Labute approximate surface area is 174 Å². The third-order valence-corrected chi connectivity index (χ3v) is 5.65. The maximum absolute atomic E-state index is 12.6. The van der Waals surface area contributed by atoms with Crippen LogP contribution in [0, 0.1) is 6.92 Å². The minimum Gasteiger partial charge on any atom is -0.281 e. The Kier molecular flexibility index (Phi) is 5.44. The zero-order chi connectivity index (χ0) is 21.3. The van der Waals surface area contributed by atoms with E-state index in [1.165, 1.54) is 21.7 Å². The van der Waals surface area contributed by atoms with Gasteiger partial charge in [0.05, 0.1) is 17.0 Å². The normalized spacial score (nSPS) is 14.8. The Morgan fingerprint density at radius 2 is 1.70 bits per heavy atom. The van der Waals surface area contributed by atoms with Gasteiger partial charge in [0.15, 0.2) is 0 Å². The number of nitrogens with zero attached hydrogens (tertiary/aromatic N) is 5. The maximum atomic E-state index is 12.6. The van der Waals surface area contributed by atoms with Crippen LogP contribution in [0.25, 0.3) is 11.4 Å². The summed E-state index contributed by atoms with van der Waals surface area (Å²) >= 11 is 0. The summed E-state index contributed by atoms with van der Waals surface area (Å²) in [5, 5.41) is 0. The summed E-state index contributed by atoms with van der Waals surface area (Å²) in [7, 11) is 3.18. The molecular formula is C23H25N5O2. The van der Waals surface area contributed by atoms with E-state index < -0.39 is 0 Å². The minimum absolute atomic E-state index is 0.0324. The molecule has 0 fully saturated rings. The van der Waals surface area contributed by atoms with Gasteiger partial charge in [-0.3, -0.25) is 23.9 Å². The van der Waals surface area contributed by atoms with Crippen LogP contribution in [0.15, 0.2) is 51.2 Å². The van der Waals surface area contributed by atoms with Crippen LogP contribution in [0.2, 0.25) is 0 Å². The number of aliphatic imine (C=N–C) groups is 1. The molecule has 0 aliphatic carbocycles. The third-order valence-electron chi connectivity index (χ3n) is 5.65. The van der Waals surface area contributed by atoms with Gasteiger partial charge < -0.3 is 0 Å². The average Bonchev–Trinajstić information content (AvgIpc) is 3.18. The van der Waals surface area contributed by atoms with Crippen molar-refractivity contribution in [1.29, 1.82) is 0 Å². The number of unbranched alkanes of at least 4 members (excludes halogenated alkanes) is 1. The Morgan fingerprint density at radius 1 is 0.967 bits per heavy atom. The highest BCUT2D eigenvalue weighted by Crippen LogP contribution is 2.31. The van der Waals surface area contributed by atoms with Crippen LogP contribution in [0.5, 0.6) is 0 Å². The van der Waals surface area contributed by atoms with Crippen LogP contribution in [0.3, 0.4) is 0 Å². The fourth-order valence-electron chi connectivity index (χ4n) is 3.93. The lowest BCUT2D eigenvalue weighted by Gasteiger charge is -2.12. The number of aryl methyl sites for hydroxylation is 2. The molecule has 1 aliphatic rings. The number of aromatic nitrogens is 4. The summed E-state index contributed by atoms with van der Waals surface area (Å²) in [5.74, 6) is 0.465. The Bertz CT molecular complexity index is 1240. The first-order valence-corrected chi connectivity index (χ1v) is 10.2. The fraction of sp³-hybridized carbons (Fsp3) is 0.348. The molecule has 0 spiro atoms. The van der Waals surface area contributed by atoms with Gasteiger partial charge in [0.1, 0.15) is 5.82 Å². The van der Waals surface area contributed by atoms with Gasteiger partial charge in [-0.25, -0.2) is 9.79 Å². The van der Waals surface area contributed by atoms with Crippen molar-refractivity contribution in [2.45, 2.75) is 38.5 Å². The predicted molar refractivity (Wildman–Crippen MR) is 118 cm³/mol. The Morgan fingerprint density at radius 3 is 2.47 bits per heavy atom. The first-order chi connectivity index (χ1) is 14.5. The van der Waals surface area contributed by atoms with Crippen LogP contribution in [-0.4, -0.2) is 25.3 Å². The molecule has 7 heteroatoms. The topological polar surface area (TPSA) is 82.1 Å². The van der Waals surface area contributed by atoms with Gasteiger partial charge in [-0.05, 0) is 61.6 Å². The van der Waals surface area contributed by atoms with E-state index in [1.54, 1.807) is 19.5 Å². The average molecular weight is 403 g/mol. The number of rotatable bonds is 6. The first-order valence-electron chi connectivity index (χ1n) is 10.2. The summed E-state index contributed by atoms with van der Waals surface area (Å²) in [5.41, 5.74) is 4.22. The lowest BCUT2D eigenvalue weighted by Crippen LogP contribution is -2.38. The van der Waals surface area contributed by atoms with E-state index in [0.29, 0.717) is 11.4 Å². The van der Waals surface area contributed by atoms with Crippen molar-refractivity contribution in [3.05, 3.63) is 74.2 Å². The van der Waals surface area contributed by atoms with Gasteiger partial charge in [-0.15, -0.1) is 0 Å². The van der Waals surface area contributed by atoms with Gasteiger partial charge in [0, 0.05) is 38.6 Å². The van der Waals surface area contributed by atoms with Crippen LogP contribution in [0.1, 0.15) is 41.9 Å². The van der Waals surface area contributed by atoms with Gasteiger partial charge in [-0.2, -0.15) is 0 Å². The zero-order valence-corrected chi connectivity index (χ0v) is 17.5. The monoisotopic (exact) mass is 403 g/mol. The summed E-state index contributed by atoms with van der Waals surface area (Å²) in [6.07, 6.45) is 9.17. The molecule has 1 atom stereocenters. The van der Waals surface area contributed by atoms with Crippen LogP contribution < -0.4 is 11.2 Å². The maximum Gasteiger partial charge on any atom is 0.332 e. The smallest absolute Gasteiger partial charge is 0.281 e. The lowest BCUT2D eigenvalue weighted by molar-refractivity contribution is 0.633. The lowest BCUT2D eigenvalue weighted by atomic mass is 9.96. The van der Waals surface area contributed by atoms with E-state index in [4.69, 9.17) is 0 Å². The molecule has 7 nitrogen and oxygen atoms in total. The molecule has 0 N–H and O–H groups in total. The van der Waals surface area contributed by atoms with E-state index in [-0.39, 0.29) is 17.2 Å². The standard InChI is InChI=1S/C23H25N5O2/c1-15-8-10-24-18(12-15)19-13-16(9-11-25-19)6-4-5-7-17-14-26-21-20(17)22(29)28(3)23(30)27(21)2/h8-14,17H,4-7H2,1-3H3. The molecule has 30 heavy (non-hydrogen) atoms. The molecule has 4 heterocycles. The first kappa shape index (κ1) is 19.9. The highest BCUT2D eigenvalue weighted by atomic mass is 16.2. The molecule has 0 bridgehead atoms. The van der Waals surface area contributed by atoms with E-state index in [1.807, 2.05) is 31.3 Å². The van der Waals surface area contributed by atoms with Crippen molar-refractivity contribution in [2.24, 2.45) is 19.1 Å². The second-order valence-electron chi connectivity index (χ2n) is 7.84. The second kappa shape index (κ2) is 8.18. The summed E-state index contributed by atoms with van der Waals surface area (Å²) in [4.78, 5) is 37.8. The van der Waals surface area contributed by atoms with Crippen LogP contribution in [-0.2, 0) is 20.5 Å². The van der Waals surface area contributed by atoms with E-state index in [9.17, 15) is 9.59 Å². The second-order valence-corrected chi connectivity index (χ2v) is 7.84. The molecule has 0 aromatic carbocycles. The van der Waals surface area contributed by atoms with Gasteiger partial charge in [-0.1, -0.05) is 6.42 Å². The van der Waals surface area contributed by atoms with Crippen molar-refractivity contribution in [2.75, 3.05) is 0 Å². The van der Waals surface area contributed by atoms with Gasteiger partial charge >= 0.3 is 5.69 Å². The Balaban J connectivity index is 1.40. The number of fused-ring (bicyclic) bond motifs is 1. The molecular weight excluding hydrogens is 378 g/mol. The number of hydrogen-bond donors (Lipinski definition) is 0. The summed E-state index contributed by atoms with van der Waals surface area (Å²) in [6, 6.07) is 8.15. The van der Waals surface area contributed by atoms with E-state index >= 15 is 0 Å². The largest absolute Gasteiger partial charge is 0.332 e. The van der Waals surface area contributed by atoms with Crippen molar-refractivity contribution in [3.8, 4) is 11.4 Å². The minimum atomic E-state index is -0.340. The molecule has 0 saturated carbocycles. The molecule has 3 aromatic rings. The Hall–Kier alpha value is -3.35.